The van der Waals surface area contributed by atoms with Crippen molar-refractivity contribution in [2.45, 2.75) is 33.6 Å². The molecule has 1 aliphatic carbocycles. The van der Waals surface area contributed by atoms with Crippen molar-refractivity contribution in [3.05, 3.63) is 0 Å². The lowest BCUT2D eigenvalue weighted by Crippen LogP contribution is -2.44. The molecule has 0 aromatic heterocycles. The predicted molar refractivity (Wildman–Crippen MR) is 71.8 cm³/mol. The Morgan fingerprint density at radius 2 is 2.11 bits per heavy atom. The van der Waals surface area contributed by atoms with Gasteiger partial charge in [-0.3, -0.25) is 4.79 Å². The molecule has 2 rings (SSSR count). The second-order valence-electron chi connectivity index (χ2n) is 6.45. The van der Waals surface area contributed by atoms with Gasteiger partial charge in [0.05, 0.1) is 5.41 Å². The fraction of sp³-hybridized carbons (Fsp3) is 0.857. The molecule has 0 bridgehead atoms. The molecule has 1 aliphatic heterocycles. The van der Waals surface area contributed by atoms with Gasteiger partial charge in [0.1, 0.15) is 0 Å². The molecule has 2 fully saturated rings. The third-order valence-corrected chi connectivity index (χ3v) is 4.91. The van der Waals surface area contributed by atoms with E-state index in [2.05, 4.69) is 12.2 Å². The van der Waals surface area contributed by atoms with Crippen LogP contribution in [0.3, 0.4) is 0 Å². The summed E-state index contributed by atoms with van der Waals surface area (Å²) in [4.78, 5) is 25.2. The third-order valence-electron chi connectivity index (χ3n) is 4.91. The molecule has 2 N–H and O–H groups in total. The SMILES string of the molecule is CC1CC1CNC(=O)N1CCC(C(=O)O)(C(C)C)C1. The van der Waals surface area contributed by atoms with E-state index in [1.54, 1.807) is 4.90 Å². The van der Waals surface area contributed by atoms with Gasteiger partial charge in [-0.25, -0.2) is 4.79 Å². The van der Waals surface area contributed by atoms with Crippen LogP contribution in [-0.4, -0.2) is 41.6 Å². The standard InChI is InChI=1S/C14H24N2O3/c1-9(2)14(12(17)18)4-5-16(8-14)13(19)15-7-11-6-10(11)3/h9-11H,4-8H2,1-3H3,(H,15,19)(H,17,18). The first-order valence-corrected chi connectivity index (χ1v) is 7.13. The lowest BCUT2D eigenvalue weighted by molar-refractivity contribution is -0.150. The van der Waals surface area contributed by atoms with Gasteiger partial charge in [0, 0.05) is 19.6 Å². The van der Waals surface area contributed by atoms with Crippen molar-refractivity contribution in [1.29, 1.82) is 0 Å². The quantitative estimate of drug-likeness (QED) is 0.816. The summed E-state index contributed by atoms with van der Waals surface area (Å²) in [6, 6.07) is -0.108. The molecule has 3 unspecified atom stereocenters. The summed E-state index contributed by atoms with van der Waals surface area (Å²) in [7, 11) is 0. The number of carbonyl (C=O) groups is 2. The van der Waals surface area contributed by atoms with Crippen LogP contribution in [0.15, 0.2) is 0 Å². The van der Waals surface area contributed by atoms with E-state index in [-0.39, 0.29) is 11.9 Å². The first-order chi connectivity index (χ1) is 8.86. The number of nitrogens with zero attached hydrogens (tertiary/aromatic N) is 1. The van der Waals surface area contributed by atoms with E-state index in [9.17, 15) is 14.7 Å². The molecule has 108 valence electrons. The first-order valence-electron chi connectivity index (χ1n) is 7.13. The predicted octanol–water partition coefficient (Wildman–Crippen LogP) is 1.78. The summed E-state index contributed by atoms with van der Waals surface area (Å²) in [6.07, 6.45) is 1.73. The van der Waals surface area contributed by atoms with Crippen LogP contribution in [0.5, 0.6) is 0 Å². The van der Waals surface area contributed by atoms with Crippen molar-refractivity contribution in [3.8, 4) is 0 Å². The Bertz CT molecular complexity index is 383. The van der Waals surface area contributed by atoms with E-state index < -0.39 is 11.4 Å². The molecule has 1 saturated carbocycles. The lowest BCUT2D eigenvalue weighted by Gasteiger charge is -2.28. The van der Waals surface area contributed by atoms with Crippen LogP contribution in [0.4, 0.5) is 4.79 Å². The highest BCUT2D eigenvalue weighted by Gasteiger charge is 2.48. The molecule has 19 heavy (non-hydrogen) atoms. The molecule has 3 atom stereocenters. The molecule has 5 nitrogen and oxygen atoms in total. The van der Waals surface area contributed by atoms with Crippen molar-refractivity contribution in [1.82, 2.24) is 10.2 Å². The van der Waals surface area contributed by atoms with Crippen molar-refractivity contribution in [2.75, 3.05) is 19.6 Å². The van der Waals surface area contributed by atoms with Gasteiger partial charge in [-0.1, -0.05) is 20.8 Å². The average molecular weight is 268 g/mol. The second kappa shape index (κ2) is 5.02. The summed E-state index contributed by atoms with van der Waals surface area (Å²) >= 11 is 0. The van der Waals surface area contributed by atoms with Crippen LogP contribution < -0.4 is 5.32 Å². The van der Waals surface area contributed by atoms with Gasteiger partial charge < -0.3 is 15.3 Å². The highest BCUT2D eigenvalue weighted by Crippen LogP contribution is 2.39. The number of aliphatic carboxylic acids is 1. The fourth-order valence-corrected chi connectivity index (χ4v) is 2.91. The number of carbonyl (C=O) groups excluding carboxylic acids is 1. The maximum atomic E-state index is 12.0. The summed E-state index contributed by atoms with van der Waals surface area (Å²) in [5.41, 5.74) is -0.774. The number of urea groups is 1. The zero-order valence-electron chi connectivity index (χ0n) is 12.0. The van der Waals surface area contributed by atoms with Crippen LogP contribution in [-0.2, 0) is 4.79 Å². The zero-order valence-corrected chi connectivity index (χ0v) is 12.0. The maximum Gasteiger partial charge on any atom is 0.317 e. The Kier molecular flexibility index (Phi) is 3.74. The number of rotatable bonds is 4. The van der Waals surface area contributed by atoms with Crippen LogP contribution in [0.2, 0.25) is 0 Å². The van der Waals surface area contributed by atoms with Crippen LogP contribution >= 0.6 is 0 Å². The second-order valence-corrected chi connectivity index (χ2v) is 6.45. The monoisotopic (exact) mass is 268 g/mol. The van der Waals surface area contributed by atoms with Gasteiger partial charge in [-0.15, -0.1) is 0 Å². The molecule has 2 amide bonds. The van der Waals surface area contributed by atoms with E-state index in [0.29, 0.717) is 31.3 Å². The number of hydrogen-bond donors (Lipinski definition) is 2. The van der Waals surface area contributed by atoms with Gasteiger partial charge in [-0.05, 0) is 30.6 Å². The van der Waals surface area contributed by atoms with E-state index in [1.165, 1.54) is 6.42 Å². The van der Waals surface area contributed by atoms with Crippen molar-refractivity contribution >= 4 is 12.0 Å². The highest BCUT2D eigenvalue weighted by atomic mass is 16.4. The highest BCUT2D eigenvalue weighted by molar-refractivity contribution is 5.80. The minimum Gasteiger partial charge on any atom is -0.481 e. The number of carboxylic acids is 1. The third kappa shape index (κ3) is 2.69. The molecule has 0 aromatic rings. The molecule has 0 radical (unpaired) electrons. The molecule has 5 heteroatoms. The minimum absolute atomic E-state index is 0.0336. The van der Waals surface area contributed by atoms with Crippen molar-refractivity contribution < 1.29 is 14.7 Å². The average Bonchev–Trinajstić information content (AvgIpc) is 2.88. The molecule has 1 saturated heterocycles. The first kappa shape index (κ1) is 14.2. The van der Waals surface area contributed by atoms with Gasteiger partial charge in [-0.2, -0.15) is 0 Å². The maximum absolute atomic E-state index is 12.0. The Morgan fingerprint density at radius 1 is 1.47 bits per heavy atom. The lowest BCUT2D eigenvalue weighted by atomic mass is 9.76. The van der Waals surface area contributed by atoms with Gasteiger partial charge in [0.15, 0.2) is 0 Å². The summed E-state index contributed by atoms with van der Waals surface area (Å²) in [5, 5.41) is 12.4. The molecular formula is C14H24N2O3. The van der Waals surface area contributed by atoms with Gasteiger partial charge in [0.2, 0.25) is 0 Å². The number of amides is 2. The smallest absolute Gasteiger partial charge is 0.317 e. The number of likely N-dealkylation sites (tertiary alicyclic amines) is 1. The Labute approximate surface area is 114 Å². The van der Waals surface area contributed by atoms with Gasteiger partial charge >= 0.3 is 12.0 Å². The van der Waals surface area contributed by atoms with Crippen LogP contribution in [0.1, 0.15) is 33.6 Å². The zero-order chi connectivity index (χ0) is 14.2. The summed E-state index contributed by atoms with van der Waals surface area (Å²) < 4.78 is 0. The molecule has 0 spiro atoms. The largest absolute Gasteiger partial charge is 0.481 e. The number of nitrogens with one attached hydrogen (secondary N) is 1. The van der Waals surface area contributed by atoms with E-state index in [4.69, 9.17) is 0 Å². The number of hydrogen-bond acceptors (Lipinski definition) is 2. The molecule has 2 aliphatic rings. The summed E-state index contributed by atoms with van der Waals surface area (Å²) in [5.74, 6) is 0.577. The minimum atomic E-state index is -0.784. The Balaban J connectivity index is 1.89. The molecular weight excluding hydrogens is 244 g/mol. The normalized spacial score (nSPS) is 33.6. The summed E-state index contributed by atoms with van der Waals surface area (Å²) in [6.45, 7) is 7.60. The van der Waals surface area contributed by atoms with Crippen LogP contribution in [0.25, 0.3) is 0 Å². The Morgan fingerprint density at radius 3 is 2.53 bits per heavy atom. The van der Waals surface area contributed by atoms with Crippen molar-refractivity contribution in [2.24, 2.45) is 23.2 Å². The van der Waals surface area contributed by atoms with Crippen molar-refractivity contribution in [3.63, 3.8) is 0 Å². The van der Waals surface area contributed by atoms with Gasteiger partial charge in [0.25, 0.3) is 0 Å². The van der Waals surface area contributed by atoms with E-state index in [1.807, 2.05) is 13.8 Å². The van der Waals surface area contributed by atoms with E-state index >= 15 is 0 Å². The Hall–Kier alpha value is -1.26. The molecule has 1 heterocycles. The van der Waals surface area contributed by atoms with Crippen LogP contribution in [0, 0.1) is 23.2 Å². The fourth-order valence-electron chi connectivity index (χ4n) is 2.91. The topological polar surface area (TPSA) is 69.6 Å². The molecule has 0 aromatic carbocycles. The van der Waals surface area contributed by atoms with E-state index in [0.717, 1.165) is 6.54 Å². The number of carboxylic acid groups (broad SMARTS) is 1.